The van der Waals surface area contributed by atoms with Crippen molar-refractivity contribution < 1.29 is 5.11 Å². The van der Waals surface area contributed by atoms with Crippen LogP contribution in [0.5, 0.6) is 0 Å². The third kappa shape index (κ3) is 4.57. The average molecular weight is 186 g/mol. The topological polar surface area (TPSA) is 40.8 Å². The Morgan fingerprint density at radius 1 is 1.38 bits per heavy atom. The summed E-state index contributed by atoms with van der Waals surface area (Å²) in [5.41, 5.74) is 0. The predicted octanol–water partition coefficient (Wildman–Crippen LogP) is -1.17. The molecular formula is C9H20N3O. The van der Waals surface area contributed by atoms with E-state index in [9.17, 15) is 5.11 Å². The van der Waals surface area contributed by atoms with E-state index in [1.807, 2.05) is 19.0 Å². The molecular weight excluding hydrogens is 166 g/mol. The Morgan fingerprint density at radius 2 is 2.00 bits per heavy atom. The third-order valence-electron chi connectivity index (χ3n) is 2.19. The van der Waals surface area contributed by atoms with Crippen molar-refractivity contribution in [3.05, 3.63) is 0 Å². The minimum atomic E-state index is -0.229. The van der Waals surface area contributed by atoms with Crippen LogP contribution < -0.4 is 5.32 Å². The molecule has 1 unspecified atom stereocenters. The first-order valence-corrected chi connectivity index (χ1v) is 4.87. The zero-order valence-electron chi connectivity index (χ0n) is 8.61. The summed E-state index contributed by atoms with van der Waals surface area (Å²) in [6.45, 7) is 5.39. The molecule has 1 aliphatic heterocycles. The highest BCUT2D eigenvalue weighted by atomic mass is 16.3. The van der Waals surface area contributed by atoms with E-state index >= 15 is 0 Å². The molecule has 0 aliphatic carbocycles. The number of rotatable bonds is 4. The van der Waals surface area contributed by atoms with Gasteiger partial charge in [0.1, 0.15) is 0 Å². The smallest absolute Gasteiger partial charge is 0.0793 e. The van der Waals surface area contributed by atoms with Crippen LogP contribution >= 0.6 is 0 Å². The van der Waals surface area contributed by atoms with E-state index in [2.05, 4.69) is 10.2 Å². The molecule has 1 aliphatic rings. The molecule has 1 fully saturated rings. The number of aliphatic hydroxyl groups excluding tert-OH is 1. The van der Waals surface area contributed by atoms with Crippen LogP contribution in [0.3, 0.4) is 0 Å². The van der Waals surface area contributed by atoms with Crippen molar-refractivity contribution in [3.63, 3.8) is 0 Å². The van der Waals surface area contributed by atoms with E-state index in [0.717, 1.165) is 39.3 Å². The van der Waals surface area contributed by atoms with Crippen molar-refractivity contribution in [3.8, 4) is 0 Å². The van der Waals surface area contributed by atoms with Crippen LogP contribution in [0, 0.1) is 0 Å². The van der Waals surface area contributed by atoms with Crippen molar-refractivity contribution in [1.82, 2.24) is 15.1 Å². The van der Waals surface area contributed by atoms with E-state index in [1.54, 1.807) is 0 Å². The second kappa shape index (κ2) is 5.54. The maximum Gasteiger partial charge on any atom is 0.0793 e. The van der Waals surface area contributed by atoms with Gasteiger partial charge in [-0.15, -0.1) is 0 Å². The highest BCUT2D eigenvalue weighted by molar-refractivity contribution is 4.71. The van der Waals surface area contributed by atoms with Gasteiger partial charge < -0.3 is 10.0 Å². The Labute approximate surface area is 80.5 Å². The Morgan fingerprint density at radius 3 is 2.54 bits per heavy atom. The standard InChI is InChI=1S/C9H20N3O/c1-11(2)7-9(13)8-12-5-3-10-4-6-12/h9,13H,3-8H2,1-2H3. The number of β-amino-alcohol motifs (C(OH)–C–C–N with tert-alkyl or cyclic N) is 1. The minimum absolute atomic E-state index is 0.229. The lowest BCUT2D eigenvalue weighted by Gasteiger charge is -2.29. The largest absolute Gasteiger partial charge is 0.390 e. The molecule has 13 heavy (non-hydrogen) atoms. The first-order valence-electron chi connectivity index (χ1n) is 4.87. The van der Waals surface area contributed by atoms with E-state index in [1.165, 1.54) is 0 Å². The number of likely N-dealkylation sites (N-methyl/N-ethyl adjacent to an activating group) is 1. The van der Waals surface area contributed by atoms with Gasteiger partial charge in [0.05, 0.1) is 6.10 Å². The SMILES string of the molecule is CN(C)CC(O)CN1CC[N]CC1. The molecule has 1 N–H and O–H groups in total. The summed E-state index contributed by atoms with van der Waals surface area (Å²) >= 11 is 0. The molecule has 0 aromatic carbocycles. The first kappa shape index (κ1) is 10.9. The van der Waals surface area contributed by atoms with Crippen LogP contribution in [-0.4, -0.2) is 74.4 Å². The van der Waals surface area contributed by atoms with E-state index in [0.29, 0.717) is 0 Å². The van der Waals surface area contributed by atoms with Crippen LogP contribution in [0.4, 0.5) is 0 Å². The Kier molecular flexibility index (Phi) is 4.66. The van der Waals surface area contributed by atoms with Crippen molar-refractivity contribution in [2.45, 2.75) is 6.10 Å². The number of aliphatic hydroxyl groups is 1. The molecule has 0 amide bonds. The number of piperazine rings is 1. The Bertz CT molecular complexity index is 135. The quantitative estimate of drug-likeness (QED) is 0.601. The number of hydrogen-bond acceptors (Lipinski definition) is 3. The fraction of sp³-hybridized carbons (Fsp3) is 1.00. The molecule has 4 heteroatoms. The molecule has 0 saturated carbocycles. The van der Waals surface area contributed by atoms with Gasteiger partial charge in [-0.25, -0.2) is 5.32 Å². The molecule has 1 rings (SSSR count). The van der Waals surface area contributed by atoms with Crippen molar-refractivity contribution in [2.24, 2.45) is 0 Å². The number of nitrogens with zero attached hydrogens (tertiary/aromatic N) is 3. The molecule has 1 atom stereocenters. The van der Waals surface area contributed by atoms with Gasteiger partial charge in [-0.3, -0.25) is 4.90 Å². The summed E-state index contributed by atoms with van der Waals surface area (Å²) in [5, 5.41) is 13.9. The van der Waals surface area contributed by atoms with Crippen LogP contribution in [0.25, 0.3) is 0 Å². The van der Waals surface area contributed by atoms with Gasteiger partial charge >= 0.3 is 0 Å². The molecule has 1 heterocycles. The fourth-order valence-electron chi connectivity index (χ4n) is 1.61. The lowest BCUT2D eigenvalue weighted by Crippen LogP contribution is -2.45. The summed E-state index contributed by atoms with van der Waals surface area (Å²) in [6, 6.07) is 0. The summed E-state index contributed by atoms with van der Waals surface area (Å²) in [7, 11) is 3.96. The summed E-state index contributed by atoms with van der Waals surface area (Å²) in [6.07, 6.45) is -0.229. The molecule has 0 bridgehead atoms. The lowest BCUT2D eigenvalue weighted by atomic mass is 10.2. The molecule has 0 aromatic heterocycles. The van der Waals surface area contributed by atoms with E-state index in [4.69, 9.17) is 0 Å². The van der Waals surface area contributed by atoms with Gasteiger partial charge in [0.15, 0.2) is 0 Å². The highest BCUT2D eigenvalue weighted by Gasteiger charge is 2.14. The van der Waals surface area contributed by atoms with Crippen LogP contribution in [0.2, 0.25) is 0 Å². The van der Waals surface area contributed by atoms with Crippen molar-refractivity contribution in [1.29, 1.82) is 0 Å². The minimum Gasteiger partial charge on any atom is -0.390 e. The van der Waals surface area contributed by atoms with E-state index < -0.39 is 0 Å². The zero-order valence-corrected chi connectivity index (χ0v) is 8.61. The summed E-state index contributed by atoms with van der Waals surface area (Å²) in [5.74, 6) is 0. The Balaban J connectivity index is 2.14. The molecule has 4 nitrogen and oxygen atoms in total. The summed E-state index contributed by atoms with van der Waals surface area (Å²) in [4.78, 5) is 4.29. The normalized spacial score (nSPS) is 22.2. The van der Waals surface area contributed by atoms with E-state index in [-0.39, 0.29) is 6.10 Å². The molecule has 77 valence electrons. The molecule has 0 aromatic rings. The predicted molar refractivity (Wildman–Crippen MR) is 52.9 cm³/mol. The zero-order chi connectivity index (χ0) is 9.68. The van der Waals surface area contributed by atoms with Crippen LogP contribution in [0.15, 0.2) is 0 Å². The molecule has 1 radical (unpaired) electrons. The monoisotopic (exact) mass is 186 g/mol. The van der Waals surface area contributed by atoms with Gasteiger partial charge in [-0.05, 0) is 14.1 Å². The number of hydrogen-bond donors (Lipinski definition) is 1. The van der Waals surface area contributed by atoms with Gasteiger partial charge in [0, 0.05) is 39.3 Å². The van der Waals surface area contributed by atoms with Gasteiger partial charge in [0.2, 0.25) is 0 Å². The van der Waals surface area contributed by atoms with Crippen LogP contribution in [0.1, 0.15) is 0 Å². The molecule has 0 spiro atoms. The maximum absolute atomic E-state index is 9.66. The van der Waals surface area contributed by atoms with Gasteiger partial charge in [-0.2, -0.15) is 0 Å². The third-order valence-corrected chi connectivity index (χ3v) is 2.19. The molecule has 1 saturated heterocycles. The Hall–Kier alpha value is -0.160. The second-order valence-electron chi connectivity index (χ2n) is 3.89. The average Bonchev–Trinajstić information content (AvgIpc) is 2.04. The van der Waals surface area contributed by atoms with Crippen molar-refractivity contribution in [2.75, 3.05) is 53.4 Å². The van der Waals surface area contributed by atoms with Gasteiger partial charge in [0.25, 0.3) is 0 Å². The summed E-state index contributed by atoms with van der Waals surface area (Å²) < 4.78 is 0. The first-order chi connectivity index (χ1) is 6.18. The van der Waals surface area contributed by atoms with Gasteiger partial charge in [-0.1, -0.05) is 0 Å². The second-order valence-corrected chi connectivity index (χ2v) is 3.89. The lowest BCUT2D eigenvalue weighted by molar-refractivity contribution is 0.0828. The maximum atomic E-state index is 9.66. The van der Waals surface area contributed by atoms with Crippen molar-refractivity contribution >= 4 is 0 Å². The highest BCUT2D eigenvalue weighted by Crippen LogP contribution is 1.96. The van der Waals surface area contributed by atoms with Crippen LogP contribution in [-0.2, 0) is 0 Å². The fourth-order valence-corrected chi connectivity index (χ4v) is 1.61.